The minimum absolute atomic E-state index is 0.254. The molecule has 1 aromatic rings. The third kappa shape index (κ3) is 4.03. The van der Waals surface area contributed by atoms with Crippen molar-refractivity contribution in [3.8, 4) is 5.75 Å². The Kier molecular flexibility index (Phi) is 5.50. The Bertz CT molecular complexity index is 570. The molecule has 0 aliphatic heterocycles. The molecule has 1 saturated carbocycles. The van der Waals surface area contributed by atoms with E-state index in [0.717, 1.165) is 0 Å². The highest BCUT2D eigenvalue weighted by molar-refractivity contribution is 6.37. The van der Waals surface area contributed by atoms with E-state index in [4.69, 9.17) is 37.8 Å². The maximum absolute atomic E-state index is 11.9. The van der Waals surface area contributed by atoms with E-state index in [1.807, 2.05) is 0 Å². The molecule has 2 unspecified atom stereocenters. The first-order chi connectivity index (χ1) is 10.4. The lowest BCUT2D eigenvalue weighted by Crippen LogP contribution is -2.16. The van der Waals surface area contributed by atoms with Crippen LogP contribution in [0.15, 0.2) is 12.1 Å². The number of methoxy groups -OCH3 is 1. The van der Waals surface area contributed by atoms with Crippen molar-refractivity contribution >= 4 is 40.8 Å². The van der Waals surface area contributed by atoms with Crippen LogP contribution in [0, 0.1) is 11.8 Å². The zero-order valence-electron chi connectivity index (χ0n) is 11.8. The Balaban J connectivity index is 2.01. The molecule has 0 bridgehead atoms. The van der Waals surface area contributed by atoms with E-state index in [-0.39, 0.29) is 16.0 Å². The molecular formula is C14H15Cl2NO5. The molecule has 8 heteroatoms. The summed E-state index contributed by atoms with van der Waals surface area (Å²) in [7, 11) is 1.55. The van der Waals surface area contributed by atoms with E-state index in [9.17, 15) is 9.59 Å². The van der Waals surface area contributed by atoms with Gasteiger partial charge in [0.1, 0.15) is 6.61 Å². The number of carbonyl (C=O) groups excluding carboxylic acids is 1. The third-order valence-electron chi connectivity index (χ3n) is 3.24. The van der Waals surface area contributed by atoms with E-state index in [0.29, 0.717) is 31.1 Å². The van der Waals surface area contributed by atoms with Gasteiger partial charge >= 0.3 is 5.97 Å². The van der Waals surface area contributed by atoms with Crippen LogP contribution in [0.2, 0.25) is 10.0 Å². The summed E-state index contributed by atoms with van der Waals surface area (Å²) in [6.45, 7) is 0.688. The maximum atomic E-state index is 11.9. The van der Waals surface area contributed by atoms with Crippen molar-refractivity contribution in [3.05, 3.63) is 22.2 Å². The summed E-state index contributed by atoms with van der Waals surface area (Å²) in [4.78, 5) is 22.7. The zero-order chi connectivity index (χ0) is 16.3. The minimum Gasteiger partial charge on any atom is -0.488 e. The monoisotopic (exact) mass is 347 g/mol. The Morgan fingerprint density at radius 3 is 2.41 bits per heavy atom. The van der Waals surface area contributed by atoms with Crippen LogP contribution in [0.5, 0.6) is 5.75 Å². The molecule has 0 spiro atoms. The van der Waals surface area contributed by atoms with Crippen molar-refractivity contribution in [2.75, 3.05) is 25.6 Å². The summed E-state index contributed by atoms with van der Waals surface area (Å²) in [5.41, 5.74) is 0.398. The fraction of sp³-hybridized carbons (Fsp3) is 0.429. The van der Waals surface area contributed by atoms with E-state index < -0.39 is 17.8 Å². The number of carboxylic acid groups (broad SMARTS) is 1. The molecular weight excluding hydrogens is 333 g/mol. The molecule has 0 radical (unpaired) electrons. The first-order valence-electron chi connectivity index (χ1n) is 6.58. The standard InChI is InChI=1S/C14H15Cl2NO5/c1-21-2-3-22-12-10(15)4-7(5-11(12)16)17-13(18)8-6-9(8)14(19)20/h4-5,8-9H,2-3,6H2,1H3,(H,17,18)(H,19,20). The van der Waals surface area contributed by atoms with Crippen LogP contribution in [-0.2, 0) is 14.3 Å². The second-order valence-corrected chi connectivity index (χ2v) is 5.70. The van der Waals surface area contributed by atoms with Crippen LogP contribution in [0.25, 0.3) is 0 Å². The molecule has 2 rings (SSSR count). The number of nitrogens with one attached hydrogen (secondary N) is 1. The van der Waals surface area contributed by atoms with Gasteiger partial charge in [0.25, 0.3) is 0 Å². The molecule has 1 aliphatic rings. The SMILES string of the molecule is COCCOc1c(Cl)cc(NC(=O)C2CC2C(=O)O)cc1Cl. The smallest absolute Gasteiger partial charge is 0.307 e. The van der Waals surface area contributed by atoms with Crippen LogP contribution in [0.1, 0.15) is 6.42 Å². The highest BCUT2D eigenvalue weighted by Gasteiger charge is 2.48. The number of rotatable bonds is 7. The molecule has 22 heavy (non-hydrogen) atoms. The van der Waals surface area contributed by atoms with Gasteiger partial charge in [0, 0.05) is 12.8 Å². The number of benzene rings is 1. The van der Waals surface area contributed by atoms with E-state index in [1.165, 1.54) is 12.1 Å². The highest BCUT2D eigenvalue weighted by Crippen LogP contribution is 2.40. The van der Waals surface area contributed by atoms with Gasteiger partial charge in [0.15, 0.2) is 5.75 Å². The number of carboxylic acids is 1. The molecule has 2 atom stereocenters. The van der Waals surface area contributed by atoms with Crippen molar-refractivity contribution < 1.29 is 24.2 Å². The van der Waals surface area contributed by atoms with E-state index >= 15 is 0 Å². The predicted octanol–water partition coefficient (Wildman–Crippen LogP) is 2.68. The van der Waals surface area contributed by atoms with Crippen molar-refractivity contribution in [1.82, 2.24) is 0 Å². The van der Waals surface area contributed by atoms with Crippen molar-refractivity contribution in [3.63, 3.8) is 0 Å². The van der Waals surface area contributed by atoms with Crippen LogP contribution < -0.4 is 10.1 Å². The van der Waals surface area contributed by atoms with Crippen molar-refractivity contribution in [2.24, 2.45) is 11.8 Å². The molecule has 1 aromatic carbocycles. The summed E-state index contributed by atoms with van der Waals surface area (Å²) >= 11 is 12.2. The van der Waals surface area contributed by atoms with Gasteiger partial charge in [0.2, 0.25) is 5.91 Å². The van der Waals surface area contributed by atoms with Gasteiger partial charge in [-0.15, -0.1) is 0 Å². The summed E-state index contributed by atoms with van der Waals surface area (Å²) in [5.74, 6) is -2.12. The average molecular weight is 348 g/mol. The molecule has 1 aliphatic carbocycles. The Labute approximate surface area is 137 Å². The number of hydrogen-bond donors (Lipinski definition) is 2. The van der Waals surface area contributed by atoms with Crippen LogP contribution >= 0.6 is 23.2 Å². The summed E-state index contributed by atoms with van der Waals surface area (Å²) < 4.78 is 10.3. The number of aliphatic carboxylic acids is 1. The fourth-order valence-electron chi connectivity index (χ4n) is 1.99. The largest absolute Gasteiger partial charge is 0.488 e. The Hall–Kier alpha value is -1.50. The van der Waals surface area contributed by atoms with Gasteiger partial charge in [0.05, 0.1) is 28.5 Å². The number of halogens is 2. The van der Waals surface area contributed by atoms with Gasteiger partial charge in [-0.25, -0.2) is 0 Å². The number of hydrogen-bond acceptors (Lipinski definition) is 4. The topological polar surface area (TPSA) is 84.9 Å². The summed E-state index contributed by atoms with van der Waals surface area (Å²) in [6.07, 6.45) is 0.348. The lowest BCUT2D eigenvalue weighted by molar-refractivity contribution is -0.139. The molecule has 2 N–H and O–H groups in total. The van der Waals surface area contributed by atoms with Gasteiger partial charge < -0.3 is 19.9 Å². The van der Waals surface area contributed by atoms with Crippen LogP contribution in [-0.4, -0.2) is 37.3 Å². The normalized spacial score (nSPS) is 19.6. The molecule has 0 aromatic heterocycles. The molecule has 1 amide bonds. The fourth-order valence-corrected chi connectivity index (χ4v) is 2.59. The van der Waals surface area contributed by atoms with E-state index in [1.54, 1.807) is 7.11 Å². The van der Waals surface area contributed by atoms with Gasteiger partial charge in [-0.1, -0.05) is 23.2 Å². The second kappa shape index (κ2) is 7.17. The van der Waals surface area contributed by atoms with Gasteiger partial charge in [-0.2, -0.15) is 0 Å². The van der Waals surface area contributed by atoms with Crippen molar-refractivity contribution in [1.29, 1.82) is 0 Å². The first kappa shape index (κ1) is 16.9. The average Bonchev–Trinajstić information content (AvgIpc) is 3.22. The second-order valence-electron chi connectivity index (χ2n) is 4.89. The predicted molar refractivity (Wildman–Crippen MR) is 81.7 cm³/mol. The van der Waals surface area contributed by atoms with Crippen LogP contribution in [0.3, 0.4) is 0 Å². The number of ether oxygens (including phenoxy) is 2. The molecule has 120 valence electrons. The summed E-state index contributed by atoms with van der Waals surface area (Å²) in [5, 5.41) is 11.9. The van der Waals surface area contributed by atoms with Crippen LogP contribution in [0.4, 0.5) is 5.69 Å². The lowest BCUT2D eigenvalue weighted by atomic mass is 10.2. The minimum atomic E-state index is -0.960. The first-order valence-corrected chi connectivity index (χ1v) is 7.34. The van der Waals surface area contributed by atoms with Crippen molar-refractivity contribution in [2.45, 2.75) is 6.42 Å². The zero-order valence-corrected chi connectivity index (χ0v) is 13.3. The third-order valence-corrected chi connectivity index (χ3v) is 3.81. The van der Waals surface area contributed by atoms with Gasteiger partial charge in [-0.3, -0.25) is 9.59 Å². The van der Waals surface area contributed by atoms with E-state index in [2.05, 4.69) is 5.32 Å². The maximum Gasteiger partial charge on any atom is 0.307 e. The number of anilines is 1. The molecule has 6 nitrogen and oxygen atoms in total. The highest BCUT2D eigenvalue weighted by atomic mass is 35.5. The Morgan fingerprint density at radius 1 is 1.27 bits per heavy atom. The Morgan fingerprint density at radius 2 is 1.91 bits per heavy atom. The number of carbonyl (C=O) groups is 2. The number of amides is 1. The summed E-state index contributed by atoms with van der Waals surface area (Å²) in [6, 6.07) is 3.01. The molecule has 0 heterocycles. The van der Waals surface area contributed by atoms with Gasteiger partial charge in [-0.05, 0) is 18.6 Å². The molecule has 0 saturated heterocycles. The lowest BCUT2D eigenvalue weighted by Gasteiger charge is -2.12. The molecule has 1 fully saturated rings. The quantitative estimate of drug-likeness (QED) is 0.740.